The van der Waals surface area contributed by atoms with Gasteiger partial charge in [0.2, 0.25) is 0 Å². The average molecular weight is 876 g/mol. The predicted octanol–water partition coefficient (Wildman–Crippen LogP) is 19.4. The fourth-order valence-electron chi connectivity index (χ4n) is 8.66. The summed E-state index contributed by atoms with van der Waals surface area (Å²) >= 11 is 0. The number of carbonyl (C=O) groups excluding carboxylic acids is 2. The van der Waals surface area contributed by atoms with E-state index in [4.69, 9.17) is 14.2 Å². The Kier molecular flexibility index (Phi) is 52.5. The molecule has 0 heterocycles. The number of rotatable bonds is 53. The highest BCUT2D eigenvalue weighted by atomic mass is 16.6. The standard InChI is InChI=1S/C57H110O5/c1-4-7-10-13-16-19-22-25-28-31-34-37-40-43-46-49-52-60-53-55(62-57(59)51-48-45-42-39-36-33-30-27-24-21-18-15-12-9-6-3)54-61-56(58)50-47-44-41-38-35-32-29-26-23-20-17-14-11-8-5-2/h49,52,55H,4-48,50-51,53-54H2,1-3H3. The van der Waals surface area contributed by atoms with E-state index in [1.807, 2.05) is 0 Å². The van der Waals surface area contributed by atoms with Gasteiger partial charge in [-0.05, 0) is 31.8 Å². The minimum atomic E-state index is -0.574. The monoisotopic (exact) mass is 875 g/mol. The van der Waals surface area contributed by atoms with Crippen LogP contribution in [0.1, 0.15) is 323 Å². The van der Waals surface area contributed by atoms with Crippen LogP contribution in [0, 0.1) is 0 Å². The molecule has 0 radical (unpaired) electrons. The molecule has 0 fully saturated rings. The van der Waals surface area contributed by atoms with Crippen molar-refractivity contribution in [2.75, 3.05) is 13.2 Å². The van der Waals surface area contributed by atoms with Gasteiger partial charge in [0.05, 0.1) is 6.26 Å². The van der Waals surface area contributed by atoms with Crippen LogP contribution in [0.3, 0.4) is 0 Å². The van der Waals surface area contributed by atoms with Crippen molar-refractivity contribution in [3.05, 3.63) is 12.3 Å². The Morgan fingerprint density at radius 2 is 0.613 bits per heavy atom. The van der Waals surface area contributed by atoms with E-state index in [1.165, 1.54) is 257 Å². The molecule has 0 saturated heterocycles. The summed E-state index contributed by atoms with van der Waals surface area (Å²) in [6.07, 6.45) is 63.3. The van der Waals surface area contributed by atoms with Crippen LogP contribution >= 0.6 is 0 Å². The van der Waals surface area contributed by atoms with E-state index in [9.17, 15) is 9.59 Å². The number of hydrogen-bond donors (Lipinski definition) is 0. The Hall–Kier alpha value is -1.52. The zero-order valence-electron chi connectivity index (χ0n) is 42.4. The van der Waals surface area contributed by atoms with Gasteiger partial charge >= 0.3 is 11.9 Å². The molecule has 0 spiro atoms. The molecule has 1 unspecified atom stereocenters. The van der Waals surface area contributed by atoms with Crippen LogP contribution in [-0.2, 0) is 23.8 Å². The molecule has 0 aliphatic heterocycles. The molecule has 0 rings (SSSR count). The summed E-state index contributed by atoms with van der Waals surface area (Å²) in [6.45, 7) is 7.13. The molecule has 1 atom stereocenters. The second-order valence-corrected chi connectivity index (χ2v) is 19.3. The molecule has 0 aliphatic rings. The van der Waals surface area contributed by atoms with Gasteiger partial charge in [0.15, 0.2) is 6.10 Å². The van der Waals surface area contributed by atoms with Crippen LogP contribution in [0.5, 0.6) is 0 Å². The Bertz CT molecular complexity index is 902. The molecule has 5 heteroatoms. The molecule has 0 amide bonds. The Morgan fingerprint density at radius 1 is 0.339 bits per heavy atom. The third-order valence-electron chi connectivity index (χ3n) is 12.9. The first-order chi connectivity index (χ1) is 30.6. The molecule has 5 nitrogen and oxygen atoms in total. The fourth-order valence-corrected chi connectivity index (χ4v) is 8.66. The van der Waals surface area contributed by atoms with Crippen LogP contribution in [0.4, 0.5) is 0 Å². The van der Waals surface area contributed by atoms with Gasteiger partial charge in [-0.25, -0.2) is 0 Å². The SMILES string of the molecule is CCCCCCCCCCCCCCCCC=COCC(COC(=O)CCCCCCCCCCCCCCCCC)OC(=O)CCCCCCCCCCCCCCCCC. The molecule has 0 aromatic carbocycles. The van der Waals surface area contributed by atoms with E-state index in [0.29, 0.717) is 12.8 Å². The Balaban J connectivity index is 4.24. The summed E-state index contributed by atoms with van der Waals surface area (Å²) in [4.78, 5) is 25.4. The van der Waals surface area contributed by atoms with Crippen LogP contribution < -0.4 is 0 Å². The maximum atomic E-state index is 12.8. The molecule has 0 aromatic heterocycles. The van der Waals surface area contributed by atoms with Gasteiger partial charge in [-0.15, -0.1) is 0 Å². The maximum Gasteiger partial charge on any atom is 0.306 e. The Morgan fingerprint density at radius 3 is 0.935 bits per heavy atom. The van der Waals surface area contributed by atoms with Gasteiger partial charge in [0.1, 0.15) is 13.2 Å². The van der Waals surface area contributed by atoms with Crippen molar-refractivity contribution in [1.82, 2.24) is 0 Å². The fraction of sp³-hybridized carbons (Fsp3) is 0.930. The van der Waals surface area contributed by atoms with Gasteiger partial charge in [0.25, 0.3) is 0 Å². The third kappa shape index (κ3) is 51.1. The molecule has 0 N–H and O–H groups in total. The van der Waals surface area contributed by atoms with Gasteiger partial charge in [-0.1, -0.05) is 284 Å². The minimum Gasteiger partial charge on any atom is -0.498 e. The molecule has 62 heavy (non-hydrogen) atoms. The van der Waals surface area contributed by atoms with Crippen molar-refractivity contribution in [2.24, 2.45) is 0 Å². The molecule has 0 aromatic rings. The van der Waals surface area contributed by atoms with Crippen molar-refractivity contribution < 1.29 is 23.8 Å². The van der Waals surface area contributed by atoms with E-state index in [2.05, 4.69) is 26.8 Å². The number of ether oxygens (including phenoxy) is 3. The van der Waals surface area contributed by atoms with E-state index >= 15 is 0 Å². The first-order valence-corrected chi connectivity index (χ1v) is 28.3. The Labute approximate surface area is 388 Å². The largest absolute Gasteiger partial charge is 0.498 e. The van der Waals surface area contributed by atoms with Gasteiger partial charge < -0.3 is 14.2 Å². The summed E-state index contributed by atoms with van der Waals surface area (Å²) in [7, 11) is 0. The maximum absolute atomic E-state index is 12.8. The predicted molar refractivity (Wildman–Crippen MR) is 270 cm³/mol. The van der Waals surface area contributed by atoms with Crippen LogP contribution in [0.2, 0.25) is 0 Å². The second-order valence-electron chi connectivity index (χ2n) is 19.3. The topological polar surface area (TPSA) is 61.8 Å². The molecule has 0 bridgehead atoms. The lowest BCUT2D eigenvalue weighted by Gasteiger charge is -2.18. The summed E-state index contributed by atoms with van der Waals surface area (Å²) in [5.74, 6) is -0.408. The lowest BCUT2D eigenvalue weighted by Crippen LogP contribution is -2.29. The molecule has 368 valence electrons. The van der Waals surface area contributed by atoms with Crippen LogP contribution in [0.15, 0.2) is 12.3 Å². The van der Waals surface area contributed by atoms with E-state index < -0.39 is 6.10 Å². The lowest BCUT2D eigenvalue weighted by molar-refractivity contribution is -0.161. The molecular weight excluding hydrogens is 765 g/mol. The van der Waals surface area contributed by atoms with Gasteiger partial charge in [0, 0.05) is 12.8 Å². The average Bonchev–Trinajstić information content (AvgIpc) is 3.27. The first kappa shape index (κ1) is 60.5. The number of hydrogen-bond acceptors (Lipinski definition) is 5. The van der Waals surface area contributed by atoms with E-state index in [-0.39, 0.29) is 25.2 Å². The van der Waals surface area contributed by atoms with E-state index in [1.54, 1.807) is 6.26 Å². The highest BCUT2D eigenvalue weighted by Crippen LogP contribution is 2.17. The highest BCUT2D eigenvalue weighted by Gasteiger charge is 2.17. The number of unbranched alkanes of at least 4 members (excludes halogenated alkanes) is 42. The summed E-state index contributed by atoms with van der Waals surface area (Å²) in [5, 5.41) is 0. The zero-order chi connectivity index (χ0) is 44.9. The number of esters is 2. The molecular formula is C57H110O5. The van der Waals surface area contributed by atoms with Crippen molar-refractivity contribution in [1.29, 1.82) is 0 Å². The van der Waals surface area contributed by atoms with Crippen molar-refractivity contribution in [2.45, 2.75) is 329 Å². The van der Waals surface area contributed by atoms with Gasteiger partial charge in [-0.3, -0.25) is 9.59 Å². The van der Waals surface area contributed by atoms with Crippen LogP contribution in [-0.4, -0.2) is 31.3 Å². The quantitative estimate of drug-likeness (QED) is 0.0346. The molecule has 0 aliphatic carbocycles. The lowest BCUT2D eigenvalue weighted by atomic mass is 10.0. The van der Waals surface area contributed by atoms with Crippen molar-refractivity contribution in [3.63, 3.8) is 0 Å². The summed E-state index contributed by atoms with van der Waals surface area (Å²) in [6, 6.07) is 0. The molecule has 0 saturated carbocycles. The van der Waals surface area contributed by atoms with Crippen molar-refractivity contribution in [3.8, 4) is 0 Å². The normalized spacial score (nSPS) is 12.0. The second kappa shape index (κ2) is 53.8. The number of allylic oxidation sites excluding steroid dienone is 1. The van der Waals surface area contributed by atoms with E-state index in [0.717, 1.165) is 32.1 Å². The van der Waals surface area contributed by atoms with Crippen molar-refractivity contribution >= 4 is 11.9 Å². The van der Waals surface area contributed by atoms with Crippen LogP contribution in [0.25, 0.3) is 0 Å². The highest BCUT2D eigenvalue weighted by molar-refractivity contribution is 5.70. The smallest absolute Gasteiger partial charge is 0.306 e. The minimum absolute atomic E-state index is 0.0645. The zero-order valence-corrected chi connectivity index (χ0v) is 42.4. The van der Waals surface area contributed by atoms with Gasteiger partial charge in [-0.2, -0.15) is 0 Å². The summed E-state index contributed by atoms with van der Waals surface area (Å²) in [5.41, 5.74) is 0. The first-order valence-electron chi connectivity index (χ1n) is 28.3. The third-order valence-corrected chi connectivity index (χ3v) is 12.9. The summed E-state index contributed by atoms with van der Waals surface area (Å²) < 4.78 is 17.3. The number of carbonyl (C=O) groups is 2.